The summed E-state index contributed by atoms with van der Waals surface area (Å²) in [4.78, 5) is 22.9. The van der Waals surface area contributed by atoms with Crippen LogP contribution in [0, 0.1) is 5.41 Å². The van der Waals surface area contributed by atoms with Crippen molar-refractivity contribution in [1.82, 2.24) is 0 Å². The highest BCUT2D eigenvalue weighted by molar-refractivity contribution is 5.85. The zero-order valence-electron chi connectivity index (χ0n) is 10.2. The van der Waals surface area contributed by atoms with Crippen LogP contribution < -0.4 is 0 Å². The summed E-state index contributed by atoms with van der Waals surface area (Å²) in [7, 11) is 0. The minimum Gasteiger partial charge on any atom is -0.463 e. The topological polar surface area (TPSA) is 52.6 Å². The molecule has 1 heterocycles. The van der Waals surface area contributed by atoms with Crippen LogP contribution in [0.3, 0.4) is 0 Å². The number of cyclic esters (lactones) is 1. The fraction of sp³-hybridized carbons (Fsp3) is 0.692. The van der Waals surface area contributed by atoms with E-state index >= 15 is 0 Å². The van der Waals surface area contributed by atoms with E-state index in [1.165, 1.54) is 12.5 Å². The van der Waals surface area contributed by atoms with E-state index in [1.54, 1.807) is 6.92 Å². The normalized spacial score (nSPS) is 25.0. The molecule has 1 aliphatic heterocycles. The Morgan fingerprint density at radius 1 is 1.41 bits per heavy atom. The maximum atomic E-state index is 11.5. The van der Waals surface area contributed by atoms with Gasteiger partial charge < -0.3 is 9.47 Å². The maximum Gasteiger partial charge on any atom is 0.334 e. The van der Waals surface area contributed by atoms with Gasteiger partial charge in [-0.2, -0.15) is 0 Å². The number of carbonyl (C=O) groups excluding carboxylic acids is 2. The van der Waals surface area contributed by atoms with Crippen molar-refractivity contribution in [2.24, 2.45) is 5.41 Å². The van der Waals surface area contributed by atoms with Crippen molar-refractivity contribution in [3.63, 3.8) is 0 Å². The number of carbonyl (C=O) groups is 2. The van der Waals surface area contributed by atoms with Crippen molar-refractivity contribution < 1.29 is 19.1 Å². The Balaban J connectivity index is 2.18. The number of rotatable bonds is 2. The first kappa shape index (κ1) is 12.1. The first-order valence-electron chi connectivity index (χ1n) is 6.26. The van der Waals surface area contributed by atoms with Gasteiger partial charge in [0.2, 0.25) is 0 Å². The standard InChI is InChI=1S/C13H18O4/c1-2-16-11(14)8-10-13(9-12(15)17-10)6-4-3-5-7-13/h8H,2-7,9H2,1H3/b10-8+. The minimum atomic E-state index is -0.415. The van der Waals surface area contributed by atoms with Gasteiger partial charge in [0.25, 0.3) is 0 Å². The third-order valence-electron chi connectivity index (χ3n) is 3.58. The number of ether oxygens (including phenoxy) is 2. The summed E-state index contributed by atoms with van der Waals surface area (Å²) in [6.07, 6.45) is 7.03. The van der Waals surface area contributed by atoms with Crippen LogP contribution in [0.5, 0.6) is 0 Å². The maximum absolute atomic E-state index is 11.5. The molecule has 0 radical (unpaired) electrons. The van der Waals surface area contributed by atoms with Gasteiger partial charge in [0.05, 0.1) is 19.1 Å². The quantitative estimate of drug-likeness (QED) is 0.547. The van der Waals surface area contributed by atoms with Crippen molar-refractivity contribution in [3.8, 4) is 0 Å². The number of esters is 2. The molecule has 1 spiro atoms. The van der Waals surface area contributed by atoms with Crippen LogP contribution in [-0.2, 0) is 19.1 Å². The van der Waals surface area contributed by atoms with Crippen molar-refractivity contribution in [2.75, 3.05) is 6.61 Å². The molecule has 2 rings (SSSR count). The Kier molecular flexibility index (Phi) is 3.50. The lowest BCUT2D eigenvalue weighted by atomic mass is 9.71. The molecule has 0 N–H and O–H groups in total. The van der Waals surface area contributed by atoms with Crippen molar-refractivity contribution >= 4 is 11.9 Å². The van der Waals surface area contributed by atoms with Gasteiger partial charge in [-0.25, -0.2) is 4.79 Å². The van der Waals surface area contributed by atoms with Gasteiger partial charge in [-0.15, -0.1) is 0 Å². The molecule has 0 aromatic carbocycles. The first-order chi connectivity index (χ1) is 8.16. The Bertz CT molecular complexity index is 350. The molecular weight excluding hydrogens is 220 g/mol. The largest absolute Gasteiger partial charge is 0.463 e. The highest BCUT2D eigenvalue weighted by atomic mass is 16.6. The molecule has 4 heteroatoms. The van der Waals surface area contributed by atoms with Crippen molar-refractivity contribution in [2.45, 2.75) is 45.4 Å². The summed E-state index contributed by atoms with van der Waals surface area (Å²) in [5, 5.41) is 0. The van der Waals surface area contributed by atoms with E-state index < -0.39 is 5.97 Å². The Labute approximate surface area is 101 Å². The van der Waals surface area contributed by atoms with Crippen molar-refractivity contribution in [3.05, 3.63) is 11.8 Å². The molecule has 4 nitrogen and oxygen atoms in total. The molecule has 2 fully saturated rings. The predicted octanol–water partition coefficient (Wildman–Crippen LogP) is 2.33. The van der Waals surface area contributed by atoms with Crippen LogP contribution in [0.15, 0.2) is 11.8 Å². The Morgan fingerprint density at radius 3 is 2.76 bits per heavy atom. The molecule has 17 heavy (non-hydrogen) atoms. The summed E-state index contributed by atoms with van der Waals surface area (Å²) < 4.78 is 10.1. The third kappa shape index (κ3) is 2.51. The van der Waals surface area contributed by atoms with Crippen LogP contribution in [0.4, 0.5) is 0 Å². The fourth-order valence-electron chi connectivity index (χ4n) is 2.76. The lowest BCUT2D eigenvalue weighted by Crippen LogP contribution is -2.23. The fourth-order valence-corrected chi connectivity index (χ4v) is 2.76. The molecule has 1 saturated heterocycles. The molecule has 94 valence electrons. The Morgan fingerprint density at radius 2 is 2.12 bits per heavy atom. The van der Waals surface area contributed by atoms with E-state index in [9.17, 15) is 9.59 Å². The van der Waals surface area contributed by atoms with Crippen LogP contribution in [-0.4, -0.2) is 18.5 Å². The lowest BCUT2D eigenvalue weighted by molar-refractivity contribution is -0.137. The number of allylic oxidation sites excluding steroid dienone is 1. The zero-order chi connectivity index (χ0) is 12.3. The second-order valence-corrected chi connectivity index (χ2v) is 4.75. The summed E-state index contributed by atoms with van der Waals surface area (Å²) >= 11 is 0. The summed E-state index contributed by atoms with van der Waals surface area (Å²) in [5.74, 6) is -0.106. The smallest absolute Gasteiger partial charge is 0.334 e. The molecule has 0 aromatic heterocycles. The average Bonchev–Trinajstić information content (AvgIpc) is 2.56. The van der Waals surface area contributed by atoms with Gasteiger partial charge in [0.1, 0.15) is 5.76 Å². The number of hydrogen-bond donors (Lipinski definition) is 0. The Hall–Kier alpha value is -1.32. The van der Waals surface area contributed by atoms with E-state index in [2.05, 4.69) is 0 Å². The minimum absolute atomic E-state index is 0.220. The van der Waals surface area contributed by atoms with Gasteiger partial charge in [0.15, 0.2) is 0 Å². The highest BCUT2D eigenvalue weighted by Gasteiger charge is 2.46. The summed E-state index contributed by atoms with van der Waals surface area (Å²) in [5.41, 5.74) is -0.220. The number of hydrogen-bond acceptors (Lipinski definition) is 4. The van der Waals surface area contributed by atoms with Gasteiger partial charge in [-0.1, -0.05) is 19.3 Å². The van der Waals surface area contributed by atoms with Gasteiger partial charge in [-0.3, -0.25) is 4.79 Å². The highest BCUT2D eigenvalue weighted by Crippen LogP contribution is 2.49. The van der Waals surface area contributed by atoms with E-state index in [0.717, 1.165) is 25.7 Å². The van der Waals surface area contributed by atoms with E-state index in [4.69, 9.17) is 9.47 Å². The summed E-state index contributed by atoms with van der Waals surface area (Å²) in [6, 6.07) is 0. The third-order valence-corrected chi connectivity index (χ3v) is 3.58. The molecule has 2 aliphatic rings. The molecular formula is C13H18O4. The van der Waals surface area contributed by atoms with Gasteiger partial charge in [0, 0.05) is 5.41 Å². The zero-order valence-corrected chi connectivity index (χ0v) is 10.2. The van der Waals surface area contributed by atoms with Gasteiger partial charge >= 0.3 is 11.9 Å². The van der Waals surface area contributed by atoms with Crippen LogP contribution in [0.25, 0.3) is 0 Å². The predicted molar refractivity (Wildman–Crippen MR) is 60.9 cm³/mol. The molecule has 0 atom stereocenters. The van der Waals surface area contributed by atoms with E-state index in [-0.39, 0.29) is 11.4 Å². The van der Waals surface area contributed by atoms with E-state index in [1.807, 2.05) is 0 Å². The molecule has 0 bridgehead atoms. The monoisotopic (exact) mass is 238 g/mol. The van der Waals surface area contributed by atoms with Crippen LogP contribution in [0.2, 0.25) is 0 Å². The first-order valence-corrected chi connectivity index (χ1v) is 6.26. The molecule has 0 aromatic rings. The molecule has 0 amide bonds. The second-order valence-electron chi connectivity index (χ2n) is 4.75. The molecule has 1 saturated carbocycles. The van der Waals surface area contributed by atoms with E-state index in [0.29, 0.717) is 18.8 Å². The molecule has 0 unspecified atom stereocenters. The SMILES string of the molecule is CCOC(=O)/C=C1/OC(=O)CC12CCCCC2. The average molecular weight is 238 g/mol. The lowest BCUT2D eigenvalue weighted by Gasteiger charge is -2.31. The van der Waals surface area contributed by atoms with Gasteiger partial charge in [-0.05, 0) is 19.8 Å². The van der Waals surface area contributed by atoms with Crippen LogP contribution in [0.1, 0.15) is 45.4 Å². The molecule has 1 aliphatic carbocycles. The van der Waals surface area contributed by atoms with Crippen molar-refractivity contribution in [1.29, 1.82) is 0 Å². The second kappa shape index (κ2) is 4.90. The van der Waals surface area contributed by atoms with Crippen LogP contribution >= 0.6 is 0 Å². The summed E-state index contributed by atoms with van der Waals surface area (Å²) in [6.45, 7) is 2.09.